The van der Waals surface area contributed by atoms with Crippen molar-refractivity contribution in [3.8, 4) is 11.5 Å². The Balaban J connectivity index is 1.30. The Morgan fingerprint density at radius 2 is 2.05 bits per heavy atom. The number of nitrogens with zero attached hydrogens (tertiary/aromatic N) is 5. The molecule has 1 saturated heterocycles. The van der Waals surface area contributed by atoms with Crippen LogP contribution in [-0.4, -0.2) is 96.2 Å². The molecule has 2 amide bonds. The van der Waals surface area contributed by atoms with Crippen molar-refractivity contribution in [1.29, 1.82) is 0 Å². The first kappa shape index (κ1) is 31.5. The summed E-state index contributed by atoms with van der Waals surface area (Å²) in [6, 6.07) is 1.73. The van der Waals surface area contributed by atoms with Crippen molar-refractivity contribution in [3.05, 3.63) is 45.6 Å². The maximum Gasteiger partial charge on any atom is 0.352 e. The maximum absolute atomic E-state index is 13.3. The van der Waals surface area contributed by atoms with E-state index in [1.165, 1.54) is 40.2 Å². The van der Waals surface area contributed by atoms with Crippen LogP contribution in [0.4, 0.5) is 5.13 Å². The second-order valence-electron chi connectivity index (χ2n) is 9.02. The molecule has 1 fully saturated rings. The molecule has 2 aliphatic rings. The number of nitrogens with two attached hydrogens (primary N) is 1. The number of aromatic nitrogens is 3. The number of carbonyl (C=O) groups is 3. The highest BCUT2D eigenvalue weighted by Gasteiger charge is 2.54. The van der Waals surface area contributed by atoms with Gasteiger partial charge in [-0.05, 0) is 24.6 Å². The Morgan fingerprint density at radius 3 is 2.68 bits per heavy atom. The summed E-state index contributed by atoms with van der Waals surface area (Å²) in [5.41, 5.74) is 5.52. The molecule has 6 N–H and O–H groups in total. The van der Waals surface area contributed by atoms with Crippen LogP contribution in [0.1, 0.15) is 10.7 Å². The number of phenols is 2. The summed E-state index contributed by atoms with van der Waals surface area (Å²) in [6.45, 7) is 1.80. The molecule has 2 aromatic heterocycles. The molecular weight excluding hydrogens is 679 g/mol. The maximum atomic E-state index is 13.3. The van der Waals surface area contributed by atoms with E-state index in [0.29, 0.717) is 9.91 Å². The Kier molecular flexibility index (Phi) is 9.02. The summed E-state index contributed by atoms with van der Waals surface area (Å²) in [7, 11) is -4.19. The van der Waals surface area contributed by atoms with E-state index < -0.39 is 62.2 Å². The third-order valence-electron chi connectivity index (χ3n) is 6.06. The molecule has 0 saturated carbocycles. The van der Waals surface area contributed by atoms with Crippen molar-refractivity contribution < 1.29 is 43.0 Å². The largest absolute Gasteiger partial charge is 0.504 e. The van der Waals surface area contributed by atoms with Crippen molar-refractivity contribution in [2.45, 2.75) is 27.6 Å². The molecule has 1 aromatic carbocycles. The van der Waals surface area contributed by atoms with Crippen LogP contribution in [0, 0.1) is 6.92 Å². The molecule has 2 atom stereocenters. The number of carboxylic acids is 1. The van der Waals surface area contributed by atoms with Gasteiger partial charge in [-0.3, -0.25) is 14.5 Å². The van der Waals surface area contributed by atoms with Gasteiger partial charge in [-0.2, -0.15) is 0 Å². The number of nitrogens with one attached hydrogen (secondary N) is 1. The zero-order valence-electron chi connectivity index (χ0n) is 22.2. The fourth-order valence-electron chi connectivity index (χ4n) is 4.02. The fraction of sp³-hybridized carbons (Fsp3) is 0.261. The summed E-state index contributed by atoms with van der Waals surface area (Å²) >= 11 is 4.92. The summed E-state index contributed by atoms with van der Waals surface area (Å²) < 4.78 is 25.9. The highest BCUT2D eigenvalue weighted by atomic mass is 32.2. The quantitative estimate of drug-likeness (QED) is 0.0615. The molecule has 44 heavy (non-hydrogen) atoms. The van der Waals surface area contributed by atoms with Crippen LogP contribution in [0.2, 0.25) is 0 Å². The number of oxime groups is 1. The van der Waals surface area contributed by atoms with Crippen LogP contribution in [-0.2, 0) is 29.1 Å². The SMILES string of the molecule is Cc1nnc(SCC2=C(C(=O)O)N3C(=O)[C@@H](NC(=O)/C(=N\OCS(=O)(=O)c4ccc(O)c(O)c4)c4csc(N)n4)[C@H]3SC2)s1. The van der Waals surface area contributed by atoms with Gasteiger partial charge in [0.15, 0.2) is 26.7 Å². The number of benzene rings is 1. The number of carboxylic acid groups (broad SMARTS) is 1. The van der Waals surface area contributed by atoms with E-state index in [1.807, 2.05) is 0 Å². The van der Waals surface area contributed by atoms with Crippen LogP contribution < -0.4 is 11.1 Å². The molecule has 0 bridgehead atoms. The molecule has 21 heteroatoms. The van der Waals surface area contributed by atoms with Gasteiger partial charge in [0.1, 0.15) is 27.8 Å². The van der Waals surface area contributed by atoms with E-state index in [0.717, 1.165) is 39.4 Å². The minimum atomic E-state index is -4.19. The number of fused-ring (bicyclic) bond motifs is 1. The summed E-state index contributed by atoms with van der Waals surface area (Å²) in [4.78, 5) is 48.3. The van der Waals surface area contributed by atoms with Gasteiger partial charge in [0, 0.05) is 23.0 Å². The van der Waals surface area contributed by atoms with Crippen LogP contribution in [0.25, 0.3) is 0 Å². The number of aliphatic carboxylic acids is 1. The number of carbonyl (C=O) groups excluding carboxylic acids is 2. The van der Waals surface area contributed by atoms with Gasteiger partial charge in [-0.1, -0.05) is 28.3 Å². The first-order valence-corrected chi connectivity index (χ1v) is 17.5. The molecule has 0 aliphatic carbocycles. The molecule has 2 aliphatic heterocycles. The fourth-order valence-corrected chi connectivity index (χ4v) is 8.76. The lowest BCUT2D eigenvalue weighted by Gasteiger charge is -2.49. The lowest BCUT2D eigenvalue weighted by Crippen LogP contribution is -2.71. The molecular formula is C23H21N7O9S5. The van der Waals surface area contributed by atoms with Crippen LogP contribution in [0.5, 0.6) is 11.5 Å². The monoisotopic (exact) mass is 699 g/mol. The van der Waals surface area contributed by atoms with E-state index in [2.05, 4.69) is 25.7 Å². The first-order valence-electron chi connectivity index (χ1n) is 12.2. The Bertz CT molecular complexity index is 1820. The topological polar surface area (TPSA) is 248 Å². The number of hydrogen-bond donors (Lipinski definition) is 5. The molecule has 0 radical (unpaired) electrons. The highest BCUT2D eigenvalue weighted by Crippen LogP contribution is 2.42. The van der Waals surface area contributed by atoms with Crippen molar-refractivity contribution in [3.63, 3.8) is 0 Å². The normalized spacial score (nSPS) is 18.5. The number of hydrogen-bond acceptors (Lipinski definition) is 17. The smallest absolute Gasteiger partial charge is 0.352 e. The molecule has 0 unspecified atom stereocenters. The summed E-state index contributed by atoms with van der Waals surface area (Å²) in [6.07, 6.45) is 0. The molecule has 5 rings (SSSR count). The van der Waals surface area contributed by atoms with Crippen molar-refractivity contribution in [1.82, 2.24) is 25.4 Å². The van der Waals surface area contributed by atoms with E-state index >= 15 is 0 Å². The lowest BCUT2D eigenvalue weighted by molar-refractivity contribution is -0.150. The van der Waals surface area contributed by atoms with E-state index in [9.17, 15) is 38.1 Å². The number of thiazole rings is 1. The molecule has 16 nitrogen and oxygen atoms in total. The number of sulfone groups is 1. The predicted molar refractivity (Wildman–Crippen MR) is 161 cm³/mol. The minimum Gasteiger partial charge on any atom is -0.504 e. The van der Waals surface area contributed by atoms with Crippen molar-refractivity contribution in [2.75, 3.05) is 23.2 Å². The molecule has 0 spiro atoms. The van der Waals surface area contributed by atoms with Gasteiger partial charge in [0.05, 0.1) is 4.90 Å². The Hall–Kier alpha value is -3.92. The number of aromatic hydroxyl groups is 2. The number of thioether (sulfide) groups is 2. The standard InChI is InChI=1S/C23H21N7O9S5/c1-9-27-28-23(43-9)42-6-10-5-40-20-16(19(34)30(20)17(10)21(35)36)26-18(33)15(12-7-41-22(24)25-12)29-39-8-44(37,38)11-2-3-13(31)14(32)4-11/h2-4,7,16,20,31-32H,5-6,8H2,1H3,(H2,24,25)(H,26,33)(H,35,36)/b29-15-/t16-,20-/m1/s1. The zero-order chi connectivity index (χ0) is 31.8. The van der Waals surface area contributed by atoms with Crippen LogP contribution >= 0.6 is 46.2 Å². The van der Waals surface area contributed by atoms with Crippen molar-refractivity contribution >= 4 is 84.7 Å². The predicted octanol–water partition coefficient (Wildman–Crippen LogP) is 0.979. The van der Waals surface area contributed by atoms with Crippen LogP contribution in [0.3, 0.4) is 0 Å². The average molecular weight is 700 g/mol. The average Bonchev–Trinajstić information content (AvgIpc) is 3.60. The van der Waals surface area contributed by atoms with Crippen LogP contribution in [0.15, 0.2) is 49.2 Å². The Labute approximate surface area is 264 Å². The van der Waals surface area contributed by atoms with Gasteiger partial charge in [0.2, 0.25) is 15.8 Å². The van der Waals surface area contributed by atoms with Gasteiger partial charge in [-0.25, -0.2) is 18.2 Å². The summed E-state index contributed by atoms with van der Waals surface area (Å²) in [5.74, 6) is -4.55. The van der Waals surface area contributed by atoms with E-state index in [1.54, 1.807) is 6.92 Å². The lowest BCUT2D eigenvalue weighted by atomic mass is 10.0. The third kappa shape index (κ3) is 6.45. The molecule has 4 heterocycles. The van der Waals surface area contributed by atoms with E-state index in [4.69, 9.17) is 10.6 Å². The van der Waals surface area contributed by atoms with Gasteiger partial charge < -0.3 is 31.2 Å². The number of nitrogen functional groups attached to an aromatic ring is 1. The van der Waals surface area contributed by atoms with Gasteiger partial charge >= 0.3 is 5.97 Å². The number of phenolic OH excluding ortho intramolecular Hbond substituents is 2. The highest BCUT2D eigenvalue weighted by molar-refractivity contribution is 8.01. The number of β-lactam (4-membered cyclic amide) rings is 1. The number of anilines is 1. The first-order chi connectivity index (χ1) is 20.9. The molecule has 3 aromatic rings. The molecule has 232 valence electrons. The van der Waals surface area contributed by atoms with E-state index in [-0.39, 0.29) is 32.9 Å². The Morgan fingerprint density at radius 1 is 1.27 bits per heavy atom. The third-order valence-corrected chi connectivity index (χ3v) is 11.5. The number of amides is 2. The number of aryl methyl sites for hydroxylation is 1. The minimum absolute atomic E-state index is 0.0538. The second kappa shape index (κ2) is 12.6. The van der Waals surface area contributed by atoms with Crippen molar-refractivity contribution in [2.24, 2.45) is 5.16 Å². The second-order valence-corrected chi connectivity index (χ2v) is 15.4. The number of rotatable bonds is 11. The van der Waals surface area contributed by atoms with Gasteiger partial charge in [0.25, 0.3) is 11.8 Å². The zero-order valence-corrected chi connectivity index (χ0v) is 26.3. The summed E-state index contributed by atoms with van der Waals surface area (Å²) in [5, 5.41) is 44.6. The van der Waals surface area contributed by atoms with Gasteiger partial charge in [-0.15, -0.1) is 33.3 Å².